The number of nitrogens with one attached hydrogen (secondary N) is 2. The fourth-order valence-corrected chi connectivity index (χ4v) is 6.42. The second-order valence-corrected chi connectivity index (χ2v) is 10.7. The van der Waals surface area contributed by atoms with E-state index in [1.54, 1.807) is 18.7 Å². The Kier molecular flexibility index (Phi) is 7.96. The topological polar surface area (TPSA) is 58.4 Å². The van der Waals surface area contributed by atoms with Gasteiger partial charge in [0.15, 0.2) is 12.3 Å². The molecule has 1 aromatic carbocycles. The van der Waals surface area contributed by atoms with Crippen molar-refractivity contribution in [3.05, 3.63) is 77.0 Å². The number of carbonyl (C=O) groups excluding carboxylic acids is 1. The van der Waals surface area contributed by atoms with E-state index in [1.807, 2.05) is 12.3 Å². The molecule has 0 saturated carbocycles. The number of fused-ring (bicyclic) bond motifs is 1. The molecule has 188 valence electrons. The van der Waals surface area contributed by atoms with Gasteiger partial charge in [-0.1, -0.05) is 37.3 Å². The van der Waals surface area contributed by atoms with Crippen LogP contribution in [0.4, 0.5) is 13.2 Å². The highest BCUT2D eigenvalue weighted by Crippen LogP contribution is 2.30. The van der Waals surface area contributed by atoms with Crippen molar-refractivity contribution in [1.29, 1.82) is 0 Å². The van der Waals surface area contributed by atoms with Crippen LogP contribution in [0.5, 0.6) is 0 Å². The van der Waals surface area contributed by atoms with Gasteiger partial charge < -0.3 is 9.88 Å². The zero-order chi connectivity index (χ0) is 25.1. The van der Waals surface area contributed by atoms with E-state index in [0.29, 0.717) is 18.0 Å². The first-order chi connectivity index (χ1) is 16.8. The highest BCUT2D eigenvalue weighted by Gasteiger charge is 2.31. The van der Waals surface area contributed by atoms with Crippen molar-refractivity contribution in [2.45, 2.75) is 55.9 Å². The molecule has 0 saturated heterocycles. The highest BCUT2D eigenvalue weighted by atomic mass is 32.2. The van der Waals surface area contributed by atoms with Gasteiger partial charge in [-0.2, -0.15) is 0 Å². The van der Waals surface area contributed by atoms with E-state index in [-0.39, 0.29) is 11.7 Å². The number of halogens is 3. The van der Waals surface area contributed by atoms with Crippen molar-refractivity contribution >= 4 is 16.8 Å². The molecule has 5 unspecified atom stereocenters. The van der Waals surface area contributed by atoms with Crippen molar-refractivity contribution in [1.82, 2.24) is 14.6 Å². The Morgan fingerprint density at radius 3 is 2.74 bits per heavy atom. The Morgan fingerprint density at radius 2 is 2.06 bits per heavy atom. The van der Waals surface area contributed by atoms with Crippen LogP contribution in [0.25, 0.3) is 0 Å². The maximum Gasteiger partial charge on any atom is 0.272 e. The lowest BCUT2D eigenvalue weighted by Gasteiger charge is -2.24. The largest absolute Gasteiger partial charge is 0.345 e. The fourth-order valence-electron chi connectivity index (χ4n) is 4.66. The van der Waals surface area contributed by atoms with E-state index in [0.717, 1.165) is 41.9 Å². The third-order valence-corrected chi connectivity index (χ3v) is 8.33. The molecular formula is C26H31F3N4OS. The molecule has 35 heavy (non-hydrogen) atoms. The predicted octanol–water partition coefficient (Wildman–Crippen LogP) is 5.06. The van der Waals surface area contributed by atoms with Crippen LogP contribution in [-0.2, 0) is 30.8 Å². The Morgan fingerprint density at radius 1 is 1.31 bits per heavy atom. The van der Waals surface area contributed by atoms with Crippen molar-refractivity contribution in [3.63, 3.8) is 0 Å². The number of nitrogens with zero attached hydrogens (tertiary/aromatic N) is 2. The smallest absolute Gasteiger partial charge is 0.272 e. The molecule has 1 amide bonds. The summed E-state index contributed by atoms with van der Waals surface area (Å²) >= 11 is 0. The molecular weight excluding hydrogens is 473 g/mol. The average Bonchev–Trinajstić information content (AvgIpc) is 3.06. The average molecular weight is 505 g/mol. The lowest BCUT2D eigenvalue weighted by molar-refractivity contribution is 0.0956. The molecule has 0 bridgehead atoms. The molecule has 1 aliphatic carbocycles. The Bertz CT molecular complexity index is 1170. The van der Waals surface area contributed by atoms with E-state index in [1.165, 1.54) is 5.56 Å². The summed E-state index contributed by atoms with van der Waals surface area (Å²) in [5.74, 6) is -1.31. The predicted molar refractivity (Wildman–Crippen MR) is 133 cm³/mol. The highest BCUT2D eigenvalue weighted by molar-refractivity contribution is 7.85. The Labute approximate surface area is 206 Å². The van der Waals surface area contributed by atoms with Crippen molar-refractivity contribution in [2.75, 3.05) is 7.05 Å². The zero-order valence-electron chi connectivity index (χ0n) is 20.1. The second kappa shape index (κ2) is 11.0. The van der Waals surface area contributed by atoms with E-state index in [9.17, 15) is 18.0 Å². The number of amides is 1. The number of aromatic nitrogens is 1. The number of hydrogen-bond donors (Lipinski definition) is 2. The van der Waals surface area contributed by atoms with Crippen molar-refractivity contribution in [2.24, 2.45) is 17.3 Å². The van der Waals surface area contributed by atoms with E-state index >= 15 is 0 Å². The summed E-state index contributed by atoms with van der Waals surface area (Å²) in [5, 5.41) is 2.55. The van der Waals surface area contributed by atoms with Gasteiger partial charge in [0.2, 0.25) is 0 Å². The normalized spacial score (nSPS) is 25.3. The fraction of sp³-hybridized carbons (Fsp3) is 0.423. The summed E-state index contributed by atoms with van der Waals surface area (Å²) in [5.41, 5.74) is 2.53. The van der Waals surface area contributed by atoms with Crippen LogP contribution in [0, 0.1) is 5.92 Å². The molecule has 1 aliphatic heterocycles. The van der Waals surface area contributed by atoms with Crippen LogP contribution in [0.15, 0.2) is 69.5 Å². The molecule has 0 fully saturated rings. The molecule has 2 N–H and O–H groups in total. The van der Waals surface area contributed by atoms with Crippen molar-refractivity contribution < 1.29 is 18.0 Å². The quantitative estimate of drug-likeness (QED) is 0.578. The van der Waals surface area contributed by atoms with Crippen LogP contribution in [0.3, 0.4) is 0 Å². The number of benzene rings is 1. The number of allylic oxidation sites excluding steroid dienone is 3. The van der Waals surface area contributed by atoms with Gasteiger partial charge in [0.05, 0.1) is 4.90 Å². The molecule has 2 heterocycles. The van der Waals surface area contributed by atoms with Crippen molar-refractivity contribution in [3.8, 4) is 0 Å². The van der Waals surface area contributed by atoms with Gasteiger partial charge in [0, 0.05) is 42.9 Å². The van der Waals surface area contributed by atoms with Crippen LogP contribution < -0.4 is 10.0 Å². The molecule has 1 aromatic heterocycles. The first-order valence-electron chi connectivity index (χ1n) is 11.8. The molecule has 0 spiro atoms. The molecule has 5 nitrogen and oxygen atoms in total. The van der Waals surface area contributed by atoms with Gasteiger partial charge >= 0.3 is 0 Å². The maximum absolute atomic E-state index is 13.8. The minimum absolute atomic E-state index is 0.0813. The number of alkyl halides is 2. The summed E-state index contributed by atoms with van der Waals surface area (Å²) < 4.78 is 50.9. The number of carbonyl (C=O) groups is 1. The van der Waals surface area contributed by atoms with Crippen LogP contribution in [-0.4, -0.2) is 35.9 Å². The van der Waals surface area contributed by atoms with Gasteiger partial charge in [-0.3, -0.25) is 4.79 Å². The SMILES string of the molecule is CN=S1NC(C(C)CCc2ccccc2)CCc2c1cn(C)c2C(=O)NC1=CC(F)C(F)C(F)=C1. The summed E-state index contributed by atoms with van der Waals surface area (Å²) in [6.07, 6.45) is 2.68. The first kappa shape index (κ1) is 25.4. The second-order valence-electron chi connectivity index (χ2n) is 9.11. The van der Waals surface area contributed by atoms with Gasteiger partial charge in [0.1, 0.15) is 11.5 Å². The molecule has 0 radical (unpaired) electrons. The van der Waals surface area contributed by atoms with E-state index < -0.39 is 35.0 Å². The van der Waals surface area contributed by atoms with Gasteiger partial charge in [-0.25, -0.2) is 22.3 Å². The minimum atomic E-state index is -2.33. The van der Waals surface area contributed by atoms with E-state index in [4.69, 9.17) is 0 Å². The summed E-state index contributed by atoms with van der Waals surface area (Å²) in [6, 6.07) is 10.6. The molecule has 2 aromatic rings. The standard InChI is InChI=1S/C26H31F3N4OS/c1-16(9-10-17-7-5-4-6-8-17)22-12-11-19-23(35(30-2)32-22)15-33(3)25(19)26(34)31-18-13-20(27)24(29)21(28)14-18/h4-8,13-16,20,22,24H,9-12H2,1-3H3,(H,30,32)(H,31,34). The monoisotopic (exact) mass is 504 g/mol. The number of hydrogen-bond acceptors (Lipinski definition) is 2. The summed E-state index contributed by atoms with van der Waals surface area (Å²) in [4.78, 5) is 14.1. The molecule has 2 aliphatic rings. The van der Waals surface area contributed by atoms with Gasteiger partial charge in [-0.15, -0.1) is 0 Å². The molecule has 9 heteroatoms. The van der Waals surface area contributed by atoms with Crippen LogP contribution in [0.1, 0.15) is 41.4 Å². The lowest BCUT2D eigenvalue weighted by atomic mass is 9.91. The molecule has 5 atom stereocenters. The van der Waals surface area contributed by atoms with Gasteiger partial charge in [-0.05, 0) is 54.9 Å². The summed E-state index contributed by atoms with van der Waals surface area (Å²) in [7, 11) is 2.94. The summed E-state index contributed by atoms with van der Waals surface area (Å²) in [6.45, 7) is 2.24. The lowest BCUT2D eigenvalue weighted by Crippen LogP contribution is -2.35. The van der Waals surface area contributed by atoms with Gasteiger partial charge in [0.25, 0.3) is 5.91 Å². The first-order valence-corrected chi connectivity index (χ1v) is 13.0. The van der Waals surface area contributed by atoms with Crippen LogP contribution in [0.2, 0.25) is 0 Å². The third-order valence-electron chi connectivity index (χ3n) is 6.67. The zero-order valence-corrected chi connectivity index (χ0v) is 20.9. The van der Waals surface area contributed by atoms with Crippen LogP contribution >= 0.6 is 0 Å². The Hall–Kier alpha value is -2.65. The van der Waals surface area contributed by atoms with E-state index in [2.05, 4.69) is 45.6 Å². The number of aryl methyl sites for hydroxylation is 2. The molecule has 4 rings (SSSR count). The maximum atomic E-state index is 13.8. The minimum Gasteiger partial charge on any atom is -0.345 e. The number of rotatable bonds is 6. The Balaban J connectivity index is 1.51. The third kappa shape index (κ3) is 5.62.